The van der Waals surface area contributed by atoms with Crippen LogP contribution in [0.2, 0.25) is 0 Å². The van der Waals surface area contributed by atoms with E-state index in [2.05, 4.69) is 67.3 Å². The van der Waals surface area contributed by atoms with E-state index in [-0.39, 0.29) is 0 Å². The Morgan fingerprint density at radius 1 is 1.16 bits per heavy atom. The van der Waals surface area contributed by atoms with Crippen molar-refractivity contribution in [2.75, 3.05) is 5.32 Å². The molecule has 0 aliphatic carbocycles. The molecule has 0 unspecified atom stereocenters. The first-order valence-electron chi connectivity index (χ1n) is 5.72. The number of anilines is 2. The summed E-state index contributed by atoms with van der Waals surface area (Å²) in [6.45, 7) is 2.08. The molecule has 1 N–H and O–H groups in total. The van der Waals surface area contributed by atoms with Crippen LogP contribution >= 0.6 is 43.2 Å². The molecule has 0 fully saturated rings. The van der Waals surface area contributed by atoms with Crippen molar-refractivity contribution < 1.29 is 0 Å². The van der Waals surface area contributed by atoms with Gasteiger partial charge in [-0.2, -0.15) is 0 Å². The van der Waals surface area contributed by atoms with Crippen molar-refractivity contribution in [3.63, 3.8) is 0 Å². The maximum absolute atomic E-state index is 4.65. The Hall–Kier alpha value is -0.910. The average molecular weight is 398 g/mol. The summed E-state index contributed by atoms with van der Waals surface area (Å²) in [6, 6.07) is 12.3. The summed E-state index contributed by atoms with van der Waals surface area (Å²) < 4.78 is 3.26. The Morgan fingerprint density at radius 3 is 2.74 bits per heavy atom. The lowest BCUT2D eigenvalue weighted by Crippen LogP contribution is -1.90. The summed E-state index contributed by atoms with van der Waals surface area (Å²) in [5.41, 5.74) is 3.29. The third kappa shape index (κ3) is 2.68. The minimum atomic E-state index is 0.910. The number of aromatic nitrogens is 1. The van der Waals surface area contributed by atoms with Gasteiger partial charge in [0.05, 0.1) is 15.9 Å². The molecule has 0 spiro atoms. The highest BCUT2D eigenvalue weighted by Gasteiger charge is 2.07. The molecule has 1 aromatic heterocycles. The number of para-hydroxylation sites is 1. The third-order valence-electron chi connectivity index (χ3n) is 2.79. The molecule has 0 bridgehead atoms. The van der Waals surface area contributed by atoms with E-state index in [0.29, 0.717) is 0 Å². The highest BCUT2D eigenvalue weighted by Crippen LogP contribution is 2.33. The zero-order chi connectivity index (χ0) is 13.4. The van der Waals surface area contributed by atoms with Gasteiger partial charge >= 0.3 is 0 Å². The molecule has 2 nitrogen and oxygen atoms in total. The number of nitrogens with zero attached hydrogens (tertiary/aromatic N) is 1. The van der Waals surface area contributed by atoms with Gasteiger partial charge in [0.25, 0.3) is 0 Å². The number of nitrogens with one attached hydrogen (secondary N) is 1. The van der Waals surface area contributed by atoms with Crippen molar-refractivity contribution >= 4 is 64.2 Å². The van der Waals surface area contributed by atoms with Gasteiger partial charge in [-0.25, -0.2) is 4.98 Å². The van der Waals surface area contributed by atoms with Crippen LogP contribution in [-0.2, 0) is 0 Å². The zero-order valence-corrected chi connectivity index (χ0v) is 14.1. The second kappa shape index (κ2) is 5.23. The Labute approximate surface area is 132 Å². The second-order valence-electron chi connectivity index (χ2n) is 4.19. The minimum absolute atomic E-state index is 0.910. The summed E-state index contributed by atoms with van der Waals surface area (Å²) in [5.74, 6) is 0. The molecule has 3 aromatic rings. The van der Waals surface area contributed by atoms with E-state index in [0.717, 1.165) is 25.3 Å². The summed E-state index contributed by atoms with van der Waals surface area (Å²) in [4.78, 5) is 4.65. The number of halogens is 2. The molecular formula is C14H10Br2N2S. The van der Waals surface area contributed by atoms with Crippen LogP contribution < -0.4 is 5.32 Å². The third-order valence-corrected chi connectivity index (χ3v) is 4.88. The van der Waals surface area contributed by atoms with Gasteiger partial charge in [0.15, 0.2) is 5.13 Å². The number of benzene rings is 2. The monoisotopic (exact) mass is 396 g/mol. The molecule has 0 aliphatic rings. The molecular weight excluding hydrogens is 388 g/mol. The number of thiazole rings is 1. The SMILES string of the molecule is Cc1cccc2sc(Nc3ccc(Br)cc3Br)nc12. The summed E-state index contributed by atoms with van der Waals surface area (Å²) >= 11 is 8.66. The first-order chi connectivity index (χ1) is 9.13. The molecule has 5 heteroatoms. The molecule has 1 heterocycles. The van der Waals surface area contributed by atoms with E-state index in [4.69, 9.17) is 0 Å². The van der Waals surface area contributed by atoms with E-state index in [9.17, 15) is 0 Å². The smallest absolute Gasteiger partial charge is 0.188 e. The first-order valence-corrected chi connectivity index (χ1v) is 8.12. The number of fused-ring (bicyclic) bond motifs is 1. The minimum Gasteiger partial charge on any atom is -0.331 e. The van der Waals surface area contributed by atoms with Gasteiger partial charge in [0.1, 0.15) is 0 Å². The maximum Gasteiger partial charge on any atom is 0.188 e. The zero-order valence-electron chi connectivity index (χ0n) is 10.1. The summed E-state index contributed by atoms with van der Waals surface area (Å²) in [7, 11) is 0. The van der Waals surface area contributed by atoms with Gasteiger partial charge in [-0.15, -0.1) is 0 Å². The predicted octanol–water partition coefficient (Wildman–Crippen LogP) is 5.87. The molecule has 96 valence electrons. The van der Waals surface area contributed by atoms with Crippen molar-refractivity contribution in [3.8, 4) is 0 Å². The number of rotatable bonds is 2. The lowest BCUT2D eigenvalue weighted by atomic mass is 10.2. The van der Waals surface area contributed by atoms with Gasteiger partial charge in [-0.3, -0.25) is 0 Å². The van der Waals surface area contributed by atoms with Crippen molar-refractivity contribution in [3.05, 3.63) is 50.9 Å². The lowest BCUT2D eigenvalue weighted by Gasteiger charge is -2.05. The van der Waals surface area contributed by atoms with E-state index in [1.54, 1.807) is 11.3 Å². The Morgan fingerprint density at radius 2 is 2.00 bits per heavy atom. The van der Waals surface area contributed by atoms with Crippen LogP contribution in [0.5, 0.6) is 0 Å². The normalized spacial score (nSPS) is 10.9. The van der Waals surface area contributed by atoms with Crippen LogP contribution in [0, 0.1) is 6.92 Å². The number of hydrogen-bond acceptors (Lipinski definition) is 3. The topological polar surface area (TPSA) is 24.9 Å². The molecule has 0 atom stereocenters. The quantitative estimate of drug-likeness (QED) is 0.584. The Bertz CT molecular complexity index is 752. The average Bonchev–Trinajstić information content (AvgIpc) is 2.77. The van der Waals surface area contributed by atoms with Crippen molar-refractivity contribution in [1.82, 2.24) is 4.98 Å². The maximum atomic E-state index is 4.65. The Kier molecular flexibility index (Phi) is 3.60. The molecule has 0 saturated carbocycles. The Balaban J connectivity index is 1.99. The highest BCUT2D eigenvalue weighted by molar-refractivity contribution is 9.11. The van der Waals surface area contributed by atoms with Gasteiger partial charge in [0.2, 0.25) is 0 Å². The van der Waals surface area contributed by atoms with E-state index >= 15 is 0 Å². The fourth-order valence-electron chi connectivity index (χ4n) is 1.85. The molecule has 0 saturated heterocycles. The molecule has 3 rings (SSSR count). The van der Waals surface area contributed by atoms with Crippen LogP contribution in [-0.4, -0.2) is 4.98 Å². The largest absolute Gasteiger partial charge is 0.331 e. The van der Waals surface area contributed by atoms with Gasteiger partial charge in [0, 0.05) is 8.95 Å². The van der Waals surface area contributed by atoms with E-state index < -0.39 is 0 Å². The molecule has 0 radical (unpaired) electrons. The molecule has 0 aliphatic heterocycles. The van der Waals surface area contributed by atoms with Crippen LogP contribution in [0.4, 0.5) is 10.8 Å². The van der Waals surface area contributed by atoms with Crippen molar-refractivity contribution in [1.29, 1.82) is 0 Å². The lowest BCUT2D eigenvalue weighted by molar-refractivity contribution is 1.40. The fourth-order valence-corrected chi connectivity index (χ4v) is 3.95. The van der Waals surface area contributed by atoms with Gasteiger partial charge < -0.3 is 5.32 Å². The molecule has 19 heavy (non-hydrogen) atoms. The van der Waals surface area contributed by atoms with Gasteiger partial charge in [-0.1, -0.05) is 39.4 Å². The number of hydrogen-bond donors (Lipinski definition) is 1. The van der Waals surface area contributed by atoms with Crippen LogP contribution in [0.3, 0.4) is 0 Å². The second-order valence-corrected chi connectivity index (χ2v) is 6.99. The van der Waals surface area contributed by atoms with Crippen LogP contribution in [0.1, 0.15) is 5.56 Å². The predicted molar refractivity (Wildman–Crippen MR) is 89.5 cm³/mol. The fraction of sp³-hybridized carbons (Fsp3) is 0.0714. The highest BCUT2D eigenvalue weighted by atomic mass is 79.9. The van der Waals surface area contributed by atoms with E-state index in [1.165, 1.54) is 10.3 Å². The summed E-state index contributed by atoms with van der Waals surface area (Å²) in [5, 5.41) is 4.27. The standard InChI is InChI=1S/C14H10Br2N2S/c1-8-3-2-4-12-13(8)18-14(19-12)17-11-6-5-9(15)7-10(11)16/h2-7H,1H3,(H,17,18). The molecule has 2 aromatic carbocycles. The molecule has 0 amide bonds. The van der Waals surface area contributed by atoms with Crippen molar-refractivity contribution in [2.24, 2.45) is 0 Å². The van der Waals surface area contributed by atoms with Crippen LogP contribution in [0.15, 0.2) is 45.3 Å². The van der Waals surface area contributed by atoms with E-state index in [1.807, 2.05) is 18.2 Å². The van der Waals surface area contributed by atoms with Crippen LogP contribution in [0.25, 0.3) is 10.2 Å². The summed E-state index contributed by atoms with van der Waals surface area (Å²) in [6.07, 6.45) is 0. The first kappa shape index (κ1) is 13.1. The number of aryl methyl sites for hydroxylation is 1. The van der Waals surface area contributed by atoms with Gasteiger partial charge in [-0.05, 0) is 52.7 Å². The van der Waals surface area contributed by atoms with Crippen molar-refractivity contribution in [2.45, 2.75) is 6.92 Å².